The molecule has 0 heterocycles. The highest BCUT2D eigenvalue weighted by molar-refractivity contribution is 5.89. The molecule has 0 aliphatic heterocycles. The largest absolute Gasteiger partial charge is 0.489 e. The van der Waals surface area contributed by atoms with E-state index in [0.29, 0.717) is 0 Å². The third kappa shape index (κ3) is 5.50. The molecule has 0 saturated carbocycles. The van der Waals surface area contributed by atoms with Gasteiger partial charge in [0.2, 0.25) is 0 Å². The molecule has 2 amide bonds. The number of amides is 2. The topological polar surface area (TPSA) is 62.4 Å². The fourth-order valence-electron chi connectivity index (χ4n) is 2.15. The number of urea groups is 1. The molecule has 2 aromatic carbocycles. The van der Waals surface area contributed by atoms with Crippen LogP contribution in [0.5, 0.6) is 5.75 Å². The first-order valence-corrected chi connectivity index (χ1v) is 8.14. The van der Waals surface area contributed by atoms with E-state index in [0.717, 1.165) is 22.8 Å². The number of benzene rings is 2. The van der Waals surface area contributed by atoms with Crippen LogP contribution in [-0.2, 0) is 0 Å². The van der Waals surface area contributed by atoms with Gasteiger partial charge in [0.1, 0.15) is 5.75 Å². The monoisotopic (exact) mass is 327 g/mol. The second-order valence-electron chi connectivity index (χ2n) is 6.12. The Hall–Kier alpha value is -2.69. The van der Waals surface area contributed by atoms with Crippen LogP contribution in [0.4, 0.5) is 21.9 Å². The fourth-order valence-corrected chi connectivity index (χ4v) is 2.15. The number of para-hydroxylation sites is 2. The molecule has 0 bridgehead atoms. The average Bonchev–Trinajstić information content (AvgIpc) is 2.50. The summed E-state index contributed by atoms with van der Waals surface area (Å²) in [6.45, 7) is 7.84. The molecule has 2 rings (SSSR count). The second-order valence-corrected chi connectivity index (χ2v) is 6.12. The van der Waals surface area contributed by atoms with E-state index < -0.39 is 0 Å². The van der Waals surface area contributed by atoms with Gasteiger partial charge in [0, 0.05) is 17.4 Å². The molecule has 0 aromatic heterocycles. The number of hydrogen-bond acceptors (Lipinski definition) is 3. The van der Waals surface area contributed by atoms with Crippen LogP contribution in [0, 0.1) is 0 Å². The normalized spacial score (nSPS) is 10.6. The quantitative estimate of drug-likeness (QED) is 0.717. The Morgan fingerprint density at radius 2 is 1.54 bits per heavy atom. The van der Waals surface area contributed by atoms with Gasteiger partial charge in [-0.2, -0.15) is 0 Å². The van der Waals surface area contributed by atoms with Gasteiger partial charge in [0.15, 0.2) is 0 Å². The molecule has 5 nitrogen and oxygen atoms in total. The van der Waals surface area contributed by atoms with Crippen LogP contribution in [0.2, 0.25) is 0 Å². The minimum Gasteiger partial charge on any atom is -0.489 e. The summed E-state index contributed by atoms with van der Waals surface area (Å²) in [6.07, 6.45) is 0.110. The van der Waals surface area contributed by atoms with Gasteiger partial charge in [-0.05, 0) is 64.1 Å². The smallest absolute Gasteiger partial charge is 0.319 e. The Morgan fingerprint density at radius 3 is 2.17 bits per heavy atom. The predicted octanol–water partition coefficient (Wildman–Crippen LogP) is 4.75. The highest BCUT2D eigenvalue weighted by Gasteiger charge is 2.06. The lowest BCUT2D eigenvalue weighted by Gasteiger charge is -2.16. The summed E-state index contributed by atoms with van der Waals surface area (Å²) in [6, 6.07) is 15.3. The van der Waals surface area contributed by atoms with Gasteiger partial charge >= 0.3 is 6.03 Å². The molecule has 2 aromatic rings. The van der Waals surface area contributed by atoms with Crippen molar-refractivity contribution < 1.29 is 9.53 Å². The van der Waals surface area contributed by atoms with Crippen molar-refractivity contribution in [2.75, 3.05) is 10.6 Å². The predicted molar refractivity (Wildman–Crippen MR) is 99.2 cm³/mol. The first kappa shape index (κ1) is 17.7. The van der Waals surface area contributed by atoms with E-state index in [-0.39, 0.29) is 18.2 Å². The second kappa shape index (κ2) is 8.24. The van der Waals surface area contributed by atoms with E-state index in [1.54, 1.807) is 0 Å². The van der Waals surface area contributed by atoms with Crippen LogP contribution in [0.3, 0.4) is 0 Å². The lowest BCUT2D eigenvalue weighted by Crippen LogP contribution is -2.34. The number of carbonyl (C=O) groups is 1. The maximum Gasteiger partial charge on any atom is 0.319 e. The lowest BCUT2D eigenvalue weighted by molar-refractivity contribution is 0.244. The van der Waals surface area contributed by atoms with Crippen molar-refractivity contribution in [3.8, 4) is 5.75 Å². The molecule has 0 fully saturated rings. The number of anilines is 3. The summed E-state index contributed by atoms with van der Waals surface area (Å²) in [5.74, 6) is 0.811. The number of ether oxygens (including phenoxy) is 1. The van der Waals surface area contributed by atoms with E-state index in [1.165, 1.54) is 0 Å². The van der Waals surface area contributed by atoms with Gasteiger partial charge in [-0.3, -0.25) is 0 Å². The zero-order chi connectivity index (χ0) is 17.5. The Kier molecular flexibility index (Phi) is 6.07. The van der Waals surface area contributed by atoms with Gasteiger partial charge < -0.3 is 20.7 Å². The molecule has 0 saturated heterocycles. The molecular weight excluding hydrogens is 302 g/mol. The van der Waals surface area contributed by atoms with Crippen molar-refractivity contribution in [3.05, 3.63) is 48.5 Å². The van der Waals surface area contributed by atoms with Crippen molar-refractivity contribution in [3.63, 3.8) is 0 Å². The van der Waals surface area contributed by atoms with Crippen LogP contribution in [-0.4, -0.2) is 18.2 Å². The first-order valence-electron chi connectivity index (χ1n) is 8.14. The third-order valence-corrected chi connectivity index (χ3v) is 3.09. The van der Waals surface area contributed by atoms with Crippen LogP contribution < -0.4 is 20.7 Å². The maximum absolute atomic E-state index is 11.7. The van der Waals surface area contributed by atoms with Crippen LogP contribution >= 0.6 is 0 Å². The molecule has 128 valence electrons. The summed E-state index contributed by atoms with van der Waals surface area (Å²) < 4.78 is 5.80. The van der Waals surface area contributed by atoms with E-state index >= 15 is 0 Å². The van der Waals surface area contributed by atoms with Gasteiger partial charge in [0.25, 0.3) is 0 Å². The summed E-state index contributed by atoms with van der Waals surface area (Å²) in [5, 5.41) is 8.93. The first-order chi connectivity index (χ1) is 11.4. The molecule has 5 heteroatoms. The summed E-state index contributed by atoms with van der Waals surface area (Å²) >= 11 is 0. The highest BCUT2D eigenvalue weighted by atomic mass is 16.5. The Balaban J connectivity index is 2.03. The Labute approximate surface area is 143 Å². The summed E-state index contributed by atoms with van der Waals surface area (Å²) in [7, 11) is 0. The molecule has 0 aliphatic rings. The maximum atomic E-state index is 11.7. The van der Waals surface area contributed by atoms with E-state index in [4.69, 9.17) is 4.74 Å². The van der Waals surface area contributed by atoms with E-state index in [1.807, 2.05) is 76.2 Å². The number of carbonyl (C=O) groups excluding carboxylic acids is 1. The fraction of sp³-hybridized carbons (Fsp3) is 0.316. The van der Waals surface area contributed by atoms with Gasteiger partial charge in [-0.25, -0.2) is 4.79 Å². The average molecular weight is 327 g/mol. The van der Waals surface area contributed by atoms with Crippen molar-refractivity contribution in [1.29, 1.82) is 0 Å². The molecular formula is C19H25N3O2. The molecule has 0 unspecified atom stereocenters. The highest BCUT2D eigenvalue weighted by Crippen LogP contribution is 2.28. The zero-order valence-electron chi connectivity index (χ0n) is 14.6. The molecule has 0 atom stereocenters. The number of nitrogens with one attached hydrogen (secondary N) is 3. The Bertz CT molecular complexity index is 667. The van der Waals surface area contributed by atoms with E-state index in [9.17, 15) is 4.79 Å². The van der Waals surface area contributed by atoms with Crippen LogP contribution in [0.25, 0.3) is 0 Å². The summed E-state index contributed by atoms with van der Waals surface area (Å²) in [5.41, 5.74) is 2.57. The molecule has 0 aliphatic carbocycles. The number of hydrogen-bond donors (Lipinski definition) is 3. The van der Waals surface area contributed by atoms with E-state index in [2.05, 4.69) is 16.0 Å². The zero-order valence-corrected chi connectivity index (χ0v) is 14.6. The SMILES string of the molecule is CC(C)NC(=O)Nc1ccc(Nc2ccccc2OC(C)C)cc1. The minimum atomic E-state index is -0.207. The standard InChI is InChI=1S/C19H25N3O2/c1-13(2)20-19(23)22-16-11-9-15(10-12-16)21-17-7-5-6-8-18(17)24-14(3)4/h5-14,21H,1-4H3,(H2,20,22,23). The minimum absolute atomic E-state index is 0.100. The molecule has 24 heavy (non-hydrogen) atoms. The molecule has 0 spiro atoms. The van der Waals surface area contributed by atoms with Gasteiger partial charge in [-0.15, -0.1) is 0 Å². The lowest BCUT2D eigenvalue weighted by atomic mass is 10.2. The summed E-state index contributed by atoms with van der Waals surface area (Å²) in [4.78, 5) is 11.7. The molecule has 0 radical (unpaired) electrons. The van der Waals surface area contributed by atoms with Crippen LogP contribution in [0.15, 0.2) is 48.5 Å². The van der Waals surface area contributed by atoms with Crippen molar-refractivity contribution >= 4 is 23.1 Å². The number of rotatable bonds is 6. The van der Waals surface area contributed by atoms with Crippen molar-refractivity contribution in [2.45, 2.75) is 39.8 Å². The third-order valence-electron chi connectivity index (χ3n) is 3.09. The van der Waals surface area contributed by atoms with Crippen molar-refractivity contribution in [2.24, 2.45) is 0 Å². The van der Waals surface area contributed by atoms with Crippen LogP contribution in [0.1, 0.15) is 27.7 Å². The van der Waals surface area contributed by atoms with Gasteiger partial charge in [0.05, 0.1) is 11.8 Å². The van der Waals surface area contributed by atoms with Crippen molar-refractivity contribution in [1.82, 2.24) is 5.32 Å². The molecule has 3 N–H and O–H groups in total. The Morgan fingerprint density at radius 1 is 0.917 bits per heavy atom. The van der Waals surface area contributed by atoms with Gasteiger partial charge in [-0.1, -0.05) is 12.1 Å².